The van der Waals surface area contributed by atoms with Crippen LogP contribution < -0.4 is 10.0 Å². The minimum atomic E-state index is -3.14. The van der Waals surface area contributed by atoms with Crippen molar-refractivity contribution in [3.05, 3.63) is 0 Å². The van der Waals surface area contributed by atoms with E-state index in [4.69, 9.17) is 9.47 Å². The molecule has 1 saturated heterocycles. The van der Waals surface area contributed by atoms with Crippen LogP contribution in [-0.4, -0.2) is 60.7 Å². The van der Waals surface area contributed by atoms with Crippen LogP contribution in [-0.2, 0) is 19.5 Å². The molecule has 0 saturated carbocycles. The Morgan fingerprint density at radius 2 is 1.95 bits per heavy atom. The Bertz CT molecular complexity index is 316. The van der Waals surface area contributed by atoms with Crippen molar-refractivity contribution in [3.63, 3.8) is 0 Å². The van der Waals surface area contributed by atoms with Crippen LogP contribution in [0.25, 0.3) is 0 Å². The molecule has 1 aliphatic rings. The van der Waals surface area contributed by atoms with Gasteiger partial charge in [0, 0.05) is 20.3 Å². The van der Waals surface area contributed by atoms with Gasteiger partial charge in [-0.1, -0.05) is 0 Å². The molecule has 0 unspecified atom stereocenters. The molecule has 114 valence electrons. The van der Waals surface area contributed by atoms with Crippen LogP contribution in [0, 0.1) is 5.92 Å². The van der Waals surface area contributed by atoms with Crippen molar-refractivity contribution in [3.8, 4) is 0 Å². The smallest absolute Gasteiger partial charge is 0.211 e. The highest BCUT2D eigenvalue weighted by atomic mass is 32.2. The van der Waals surface area contributed by atoms with E-state index in [2.05, 4.69) is 10.0 Å². The molecule has 0 aromatic heterocycles. The van der Waals surface area contributed by atoms with E-state index >= 15 is 0 Å². The molecule has 0 bridgehead atoms. The van der Waals surface area contributed by atoms with Crippen LogP contribution in [0.4, 0.5) is 0 Å². The van der Waals surface area contributed by atoms with Gasteiger partial charge in [-0.2, -0.15) is 0 Å². The maximum atomic E-state index is 11.8. The summed E-state index contributed by atoms with van der Waals surface area (Å²) in [6, 6.07) is 0. The molecule has 6 nitrogen and oxygen atoms in total. The van der Waals surface area contributed by atoms with E-state index in [1.54, 1.807) is 7.11 Å². The molecular weight excluding hydrogens is 268 g/mol. The maximum Gasteiger partial charge on any atom is 0.211 e. The van der Waals surface area contributed by atoms with Crippen LogP contribution in [0.15, 0.2) is 0 Å². The molecule has 7 heteroatoms. The Kier molecular flexibility index (Phi) is 8.56. The summed E-state index contributed by atoms with van der Waals surface area (Å²) >= 11 is 0. The van der Waals surface area contributed by atoms with Gasteiger partial charge in [0.1, 0.15) is 0 Å². The van der Waals surface area contributed by atoms with Gasteiger partial charge in [-0.05, 0) is 38.3 Å². The number of hydrogen-bond donors (Lipinski definition) is 2. The van der Waals surface area contributed by atoms with Crippen LogP contribution in [0.5, 0.6) is 0 Å². The lowest BCUT2D eigenvalue weighted by molar-refractivity contribution is 0.0699. The van der Waals surface area contributed by atoms with E-state index < -0.39 is 10.0 Å². The first kappa shape index (κ1) is 16.8. The highest BCUT2D eigenvalue weighted by molar-refractivity contribution is 7.89. The summed E-state index contributed by atoms with van der Waals surface area (Å²) in [5.41, 5.74) is 0. The average Bonchev–Trinajstić information content (AvgIpc) is 2.38. The van der Waals surface area contributed by atoms with Crippen molar-refractivity contribution in [2.75, 3.05) is 52.3 Å². The molecule has 0 aromatic carbocycles. The molecule has 0 aliphatic carbocycles. The number of rotatable bonds is 10. The molecule has 0 atom stereocenters. The molecule has 1 fully saturated rings. The number of hydrogen-bond acceptors (Lipinski definition) is 5. The zero-order valence-electron chi connectivity index (χ0n) is 11.7. The fraction of sp³-hybridized carbons (Fsp3) is 1.00. The van der Waals surface area contributed by atoms with Gasteiger partial charge < -0.3 is 14.8 Å². The number of nitrogens with one attached hydrogen (secondary N) is 2. The highest BCUT2D eigenvalue weighted by Crippen LogP contribution is 2.13. The minimum absolute atomic E-state index is 0.249. The van der Waals surface area contributed by atoms with Crippen LogP contribution in [0.1, 0.15) is 19.3 Å². The lowest BCUT2D eigenvalue weighted by Crippen LogP contribution is -2.36. The first-order chi connectivity index (χ1) is 9.14. The monoisotopic (exact) mass is 294 g/mol. The molecule has 0 amide bonds. The van der Waals surface area contributed by atoms with Gasteiger partial charge in [0.2, 0.25) is 10.0 Å². The second-order valence-corrected chi connectivity index (χ2v) is 6.68. The van der Waals surface area contributed by atoms with Crippen molar-refractivity contribution in [1.82, 2.24) is 10.0 Å². The summed E-state index contributed by atoms with van der Waals surface area (Å²) in [6.45, 7) is 3.97. The van der Waals surface area contributed by atoms with Crippen molar-refractivity contribution in [2.24, 2.45) is 5.92 Å². The van der Waals surface area contributed by atoms with Crippen LogP contribution in [0.2, 0.25) is 0 Å². The minimum Gasteiger partial charge on any atom is -0.382 e. The fourth-order valence-electron chi connectivity index (χ4n) is 2.06. The summed E-state index contributed by atoms with van der Waals surface area (Å²) in [6.07, 6.45) is 2.58. The predicted molar refractivity (Wildman–Crippen MR) is 74.7 cm³/mol. The number of ether oxygens (including phenoxy) is 2. The Balaban J connectivity index is 2.06. The summed E-state index contributed by atoms with van der Waals surface area (Å²) in [5.74, 6) is 0.538. The highest BCUT2D eigenvalue weighted by Gasteiger charge is 2.20. The molecule has 1 rings (SSSR count). The van der Waals surface area contributed by atoms with Gasteiger partial charge in [0.25, 0.3) is 0 Å². The van der Waals surface area contributed by atoms with Crippen molar-refractivity contribution in [2.45, 2.75) is 19.3 Å². The summed E-state index contributed by atoms with van der Waals surface area (Å²) in [5, 5.41) is 3.24. The van der Waals surface area contributed by atoms with E-state index in [0.717, 1.165) is 25.9 Å². The third-order valence-electron chi connectivity index (χ3n) is 3.13. The average molecular weight is 294 g/mol. The lowest BCUT2D eigenvalue weighted by Gasteiger charge is -2.22. The Morgan fingerprint density at radius 3 is 2.63 bits per heavy atom. The number of methoxy groups -OCH3 is 1. The van der Waals surface area contributed by atoms with E-state index in [1.807, 2.05) is 0 Å². The topological polar surface area (TPSA) is 76.7 Å². The van der Waals surface area contributed by atoms with Gasteiger partial charge in [-0.15, -0.1) is 0 Å². The molecule has 19 heavy (non-hydrogen) atoms. The Morgan fingerprint density at radius 1 is 1.21 bits per heavy atom. The first-order valence-corrected chi connectivity index (χ1v) is 8.54. The van der Waals surface area contributed by atoms with Crippen molar-refractivity contribution < 1.29 is 17.9 Å². The molecule has 0 aromatic rings. The molecule has 0 spiro atoms. The summed E-state index contributed by atoms with van der Waals surface area (Å²) in [7, 11) is -1.51. The second kappa shape index (κ2) is 9.66. The third kappa shape index (κ3) is 8.54. The van der Waals surface area contributed by atoms with E-state index in [1.165, 1.54) is 0 Å². The van der Waals surface area contributed by atoms with Crippen LogP contribution in [0.3, 0.4) is 0 Å². The second-order valence-electron chi connectivity index (χ2n) is 4.83. The largest absolute Gasteiger partial charge is 0.382 e. The van der Waals surface area contributed by atoms with Crippen molar-refractivity contribution >= 4 is 10.0 Å². The van der Waals surface area contributed by atoms with Crippen molar-refractivity contribution in [1.29, 1.82) is 0 Å². The standard InChI is InChI=1S/C12H26N2O4S/c1-17-9-10-18-8-2-5-14-19(15,16)11-12-3-6-13-7-4-12/h12-14H,2-11H2,1H3. The fourth-order valence-corrected chi connectivity index (χ4v) is 3.59. The third-order valence-corrected chi connectivity index (χ3v) is 4.69. The van der Waals surface area contributed by atoms with E-state index in [9.17, 15) is 8.42 Å². The molecular formula is C12H26N2O4S. The number of piperidine rings is 1. The molecule has 1 heterocycles. The normalized spacial score (nSPS) is 17.7. The van der Waals surface area contributed by atoms with E-state index in [0.29, 0.717) is 32.8 Å². The zero-order valence-corrected chi connectivity index (χ0v) is 12.5. The SMILES string of the molecule is COCCOCCCNS(=O)(=O)CC1CCNCC1. The summed E-state index contributed by atoms with van der Waals surface area (Å²) < 4.78 is 36.4. The molecule has 1 aliphatic heterocycles. The van der Waals surface area contributed by atoms with Gasteiger partial charge in [0.15, 0.2) is 0 Å². The van der Waals surface area contributed by atoms with Gasteiger partial charge >= 0.3 is 0 Å². The van der Waals surface area contributed by atoms with Crippen LogP contribution >= 0.6 is 0 Å². The first-order valence-electron chi connectivity index (χ1n) is 6.89. The zero-order chi connectivity index (χ0) is 14.0. The quantitative estimate of drug-likeness (QED) is 0.553. The van der Waals surface area contributed by atoms with Gasteiger partial charge in [0.05, 0.1) is 19.0 Å². The van der Waals surface area contributed by atoms with E-state index in [-0.39, 0.29) is 11.7 Å². The maximum absolute atomic E-state index is 11.8. The predicted octanol–water partition coefficient (Wildman–Crippen LogP) is -0.0415. The number of sulfonamides is 1. The molecule has 0 radical (unpaired) electrons. The van der Waals surface area contributed by atoms with Gasteiger partial charge in [-0.3, -0.25) is 0 Å². The van der Waals surface area contributed by atoms with Gasteiger partial charge in [-0.25, -0.2) is 13.1 Å². The Labute approximate surface area is 116 Å². The Hall–Kier alpha value is -0.210. The summed E-state index contributed by atoms with van der Waals surface area (Å²) in [4.78, 5) is 0. The molecule has 2 N–H and O–H groups in total. The lowest BCUT2D eigenvalue weighted by atomic mass is 10.0.